The molecule has 1 aromatic carbocycles. The molecule has 1 fully saturated rings. The highest BCUT2D eigenvalue weighted by Gasteiger charge is 2.65. The van der Waals surface area contributed by atoms with E-state index < -0.39 is 58.0 Å². The van der Waals surface area contributed by atoms with Crippen LogP contribution in [0.2, 0.25) is 0 Å². The number of β-lactam (4-membered cyclic amide) rings is 1. The first-order valence-corrected chi connectivity index (χ1v) is 15.9. The van der Waals surface area contributed by atoms with Gasteiger partial charge in [-0.3, -0.25) is 14.5 Å². The van der Waals surface area contributed by atoms with Crippen LogP contribution >= 0.6 is 35.3 Å². The molecule has 1 unspecified atom stereocenters. The zero-order valence-corrected chi connectivity index (χ0v) is 26.4. The Morgan fingerprint density at radius 1 is 1.19 bits per heavy atom. The predicted molar refractivity (Wildman–Crippen MR) is 176 cm³/mol. The van der Waals surface area contributed by atoms with E-state index in [-0.39, 0.29) is 45.1 Å². The van der Waals surface area contributed by atoms with E-state index >= 15 is 0 Å². The third-order valence-electron chi connectivity index (χ3n) is 7.44. The van der Waals surface area contributed by atoms with Gasteiger partial charge in [-0.15, -0.1) is 23.1 Å². The summed E-state index contributed by atoms with van der Waals surface area (Å²) in [5, 5.41) is 47.0. The number of aromatic hydroxyl groups is 2. The minimum absolute atomic E-state index is 0.0248. The van der Waals surface area contributed by atoms with Gasteiger partial charge in [0.15, 0.2) is 27.9 Å². The summed E-state index contributed by atoms with van der Waals surface area (Å²) in [6.07, 6.45) is -1.86. The van der Waals surface area contributed by atoms with Crippen LogP contribution in [0.4, 0.5) is 10.9 Å². The second-order valence-corrected chi connectivity index (χ2v) is 12.5. The summed E-state index contributed by atoms with van der Waals surface area (Å²) in [5.41, 5.74) is 10.1. The average molecular weight is 711 g/mol. The number of aromatic amines is 1. The summed E-state index contributed by atoms with van der Waals surface area (Å²) in [4.78, 5) is 69.8. The first kappa shape index (κ1) is 32.2. The molecule has 3 aliphatic heterocycles. The molecule has 10 N–H and O–H groups in total. The Kier molecular flexibility index (Phi) is 8.14. The number of carboxylic acid groups (broad SMARTS) is 2. The van der Waals surface area contributed by atoms with Crippen molar-refractivity contribution in [3.63, 3.8) is 0 Å². The summed E-state index contributed by atoms with van der Waals surface area (Å²) in [6, 6.07) is 8.37. The van der Waals surface area contributed by atoms with E-state index in [4.69, 9.17) is 28.5 Å². The molecule has 0 spiro atoms. The van der Waals surface area contributed by atoms with Gasteiger partial charge in [-0.05, 0) is 24.3 Å². The van der Waals surface area contributed by atoms with Crippen LogP contribution in [0.25, 0.3) is 16.8 Å². The first-order valence-electron chi connectivity index (χ1n) is 13.5. The van der Waals surface area contributed by atoms with Crippen LogP contribution in [0, 0.1) is 0 Å². The largest absolute Gasteiger partial charge is 0.504 e. The highest BCUT2D eigenvalue weighted by molar-refractivity contribution is 8.00. The van der Waals surface area contributed by atoms with E-state index in [0.717, 1.165) is 51.6 Å². The molecule has 48 heavy (non-hydrogen) atoms. The number of rotatable bonds is 10. The number of hydrogen-bond donors (Lipinski definition) is 8. The number of thiocarbonyl (C=S) groups is 1. The van der Waals surface area contributed by atoms with Gasteiger partial charge < -0.3 is 47.0 Å². The van der Waals surface area contributed by atoms with Gasteiger partial charge >= 0.3 is 11.9 Å². The van der Waals surface area contributed by atoms with Crippen LogP contribution in [0.5, 0.6) is 11.5 Å². The number of carbonyl (C=O) groups excluding carboxylic acids is 2. The van der Waals surface area contributed by atoms with E-state index in [9.17, 15) is 39.6 Å². The molecule has 4 heterocycles. The fourth-order valence-corrected chi connectivity index (χ4v) is 7.51. The fourth-order valence-electron chi connectivity index (χ4n) is 5.15. The lowest BCUT2D eigenvalue weighted by atomic mass is 9.87. The quantitative estimate of drug-likeness (QED) is 0.0379. The third kappa shape index (κ3) is 5.30. The molecule has 0 saturated carbocycles. The predicted octanol–water partition coefficient (Wildman–Crippen LogP) is 1.36. The number of phenols is 2. The highest BCUT2D eigenvalue weighted by Crippen LogP contribution is 2.48. The Hall–Kier alpha value is -5.73. The molecule has 17 nitrogen and oxygen atoms in total. The van der Waals surface area contributed by atoms with Gasteiger partial charge in [0.2, 0.25) is 6.10 Å². The number of aromatic nitrogens is 3. The minimum Gasteiger partial charge on any atom is -0.504 e. The summed E-state index contributed by atoms with van der Waals surface area (Å²) >= 11 is 7.24. The van der Waals surface area contributed by atoms with Crippen LogP contribution in [0.15, 0.2) is 52.6 Å². The number of phenolic OH excluding ortho intramolecular Hbond substituents is 2. The van der Waals surface area contributed by atoms with E-state index in [0.29, 0.717) is 11.3 Å². The smallest absolute Gasteiger partial charge is 0.353 e. The maximum atomic E-state index is 13.8. The Morgan fingerprint density at radius 2 is 1.96 bits per heavy atom. The molecule has 20 heteroatoms. The molecular formula is C28H22N8O9S3. The molecule has 2 aromatic rings. The van der Waals surface area contributed by atoms with Crippen molar-refractivity contribution >= 4 is 86.7 Å². The van der Waals surface area contributed by atoms with Crippen LogP contribution in [-0.2, 0) is 24.0 Å². The van der Waals surface area contributed by atoms with Crippen molar-refractivity contribution in [3.05, 3.63) is 64.6 Å². The summed E-state index contributed by atoms with van der Waals surface area (Å²) in [6.45, 7) is 0. The number of nitrogens with one attached hydrogen (secondary N) is 2. The molecule has 3 atom stereocenters. The number of oxime groups is 1. The van der Waals surface area contributed by atoms with Crippen molar-refractivity contribution in [2.45, 2.75) is 17.0 Å². The van der Waals surface area contributed by atoms with Gasteiger partial charge in [-0.25, -0.2) is 19.6 Å². The Balaban J connectivity index is 1.33. The number of H-pyrrole nitrogens is 1. The lowest BCUT2D eigenvalue weighted by Gasteiger charge is -2.55. The number of nitrogen functional groups attached to an aromatic ring is 2. The lowest BCUT2D eigenvalue weighted by Crippen LogP contribution is -2.80. The normalized spacial score (nSPS) is 19.8. The number of anilines is 2. The Morgan fingerprint density at radius 3 is 2.60 bits per heavy atom. The number of thioether (sulfide) groups is 1. The zero-order chi connectivity index (χ0) is 34.5. The third-order valence-corrected chi connectivity index (χ3v) is 9.84. The van der Waals surface area contributed by atoms with Gasteiger partial charge in [0.05, 0.1) is 5.69 Å². The number of thiazole rings is 1. The SMILES string of the molecule is Nc1nc(/C(=N/O[C@@H](C(=O)O)c2ccc(O)c(O)c2)C(=O)NC2(C=S)C(=O)N3C(C(=O)O)=C(c4nc(N)c5cccc-5[nH]4)CS[C@H]32)cs1. The average Bonchev–Trinajstić information content (AvgIpc) is 3.71. The van der Waals surface area contributed by atoms with E-state index in [1.165, 1.54) is 5.38 Å². The van der Waals surface area contributed by atoms with Crippen molar-refractivity contribution in [3.8, 4) is 22.8 Å². The topological polar surface area (TPSA) is 280 Å². The van der Waals surface area contributed by atoms with Gasteiger partial charge in [0.25, 0.3) is 11.8 Å². The Labute approximate surface area is 282 Å². The van der Waals surface area contributed by atoms with Crippen molar-refractivity contribution in [2.24, 2.45) is 5.16 Å². The number of aliphatic carboxylic acids is 2. The molecule has 0 bridgehead atoms. The molecule has 0 radical (unpaired) electrons. The number of fused-ring (bicyclic) bond motifs is 2. The molecule has 1 aromatic heterocycles. The van der Waals surface area contributed by atoms with Gasteiger partial charge in [-0.2, -0.15) is 0 Å². The van der Waals surface area contributed by atoms with Crippen molar-refractivity contribution < 1.29 is 44.4 Å². The maximum Gasteiger partial charge on any atom is 0.353 e. The number of carboxylic acids is 2. The number of benzene rings is 1. The first-order chi connectivity index (χ1) is 22.9. The van der Waals surface area contributed by atoms with Crippen molar-refractivity contribution in [2.75, 3.05) is 17.2 Å². The zero-order valence-electron chi connectivity index (χ0n) is 24.0. The van der Waals surface area contributed by atoms with Gasteiger partial charge in [0, 0.05) is 33.2 Å². The maximum absolute atomic E-state index is 13.8. The van der Waals surface area contributed by atoms with Crippen LogP contribution in [0.1, 0.15) is 23.2 Å². The van der Waals surface area contributed by atoms with E-state index in [2.05, 4.69) is 25.4 Å². The molecule has 1 aliphatic carbocycles. The molecule has 6 rings (SSSR count). The van der Waals surface area contributed by atoms with Crippen LogP contribution in [-0.4, -0.2) is 91.8 Å². The second kappa shape index (κ2) is 12.1. The molecule has 4 aliphatic rings. The number of hydrogen-bond acceptors (Lipinski definition) is 15. The van der Waals surface area contributed by atoms with Crippen molar-refractivity contribution in [1.29, 1.82) is 0 Å². The summed E-state index contributed by atoms with van der Waals surface area (Å²) in [7, 11) is 0. The van der Waals surface area contributed by atoms with E-state index in [1.807, 2.05) is 0 Å². The molecule has 246 valence electrons. The number of nitrogens with zero attached hydrogens (tertiary/aromatic N) is 4. The number of carbonyl (C=O) groups is 4. The highest BCUT2D eigenvalue weighted by atomic mass is 32.2. The van der Waals surface area contributed by atoms with Crippen molar-refractivity contribution in [1.82, 2.24) is 25.2 Å². The van der Waals surface area contributed by atoms with Gasteiger partial charge in [-0.1, -0.05) is 29.5 Å². The standard InChI is InChI=1S/C28H22N8O9S3/c29-20-11-2-1-3-13(11)31-21(33-20)12-7-47-26-28(9-46,25(44)36(26)18(12)23(40)41)34-22(39)17(14-8-48-27(30)32-14)35-45-19(24(42)43)10-4-5-15(37)16(38)6-10/h1-6,8-9,19,26,37-38H,7,29H2,(H2,30,32)(H,31,33)(H,34,39)(H,40,41)(H,42,43)/b35-17-/t19-,26+,28?/m1/s1. The molecular weight excluding hydrogens is 689 g/mol. The summed E-state index contributed by atoms with van der Waals surface area (Å²) in [5.74, 6) is -5.75. The van der Waals surface area contributed by atoms with Crippen LogP contribution in [0.3, 0.4) is 0 Å². The summed E-state index contributed by atoms with van der Waals surface area (Å²) < 4.78 is 0. The second-order valence-electron chi connectivity index (χ2n) is 10.3. The minimum atomic E-state index is -1.91. The fraction of sp³-hybridized carbons (Fsp3) is 0.143. The number of nitrogens with two attached hydrogens (primary N) is 2. The monoisotopic (exact) mass is 710 g/mol. The number of amides is 2. The Bertz CT molecular complexity index is 2060. The van der Waals surface area contributed by atoms with Gasteiger partial charge in [0.1, 0.15) is 28.4 Å². The lowest BCUT2D eigenvalue weighted by molar-refractivity contribution is -0.153. The molecule has 1 saturated heterocycles. The molecule has 2 amide bonds. The van der Waals surface area contributed by atoms with E-state index in [1.54, 1.807) is 18.2 Å². The van der Waals surface area contributed by atoms with Crippen LogP contribution < -0.4 is 16.8 Å².